The van der Waals surface area contributed by atoms with E-state index in [1.807, 2.05) is 18.2 Å². The molecular weight excluding hydrogens is 194 g/mol. The van der Waals surface area contributed by atoms with Crippen molar-refractivity contribution in [3.05, 3.63) is 18.2 Å². The molecule has 0 unspecified atom stereocenters. The van der Waals surface area contributed by atoms with E-state index in [2.05, 4.69) is 5.32 Å². The van der Waals surface area contributed by atoms with Crippen molar-refractivity contribution < 1.29 is 14.2 Å². The molecular formula is C11H17NO3. The summed E-state index contributed by atoms with van der Waals surface area (Å²) in [4.78, 5) is 0. The fourth-order valence-electron chi connectivity index (χ4n) is 1.23. The van der Waals surface area contributed by atoms with Gasteiger partial charge in [0, 0.05) is 19.7 Å². The first-order valence-electron chi connectivity index (χ1n) is 4.76. The largest absolute Gasteiger partial charge is 0.497 e. The van der Waals surface area contributed by atoms with Crippen LogP contribution in [0.4, 0.5) is 5.69 Å². The second-order valence-electron chi connectivity index (χ2n) is 2.99. The van der Waals surface area contributed by atoms with Crippen LogP contribution in [0.1, 0.15) is 0 Å². The van der Waals surface area contributed by atoms with Crippen molar-refractivity contribution in [1.82, 2.24) is 0 Å². The van der Waals surface area contributed by atoms with Crippen LogP contribution in [0.3, 0.4) is 0 Å². The van der Waals surface area contributed by atoms with E-state index >= 15 is 0 Å². The Hall–Kier alpha value is -1.42. The van der Waals surface area contributed by atoms with Gasteiger partial charge in [-0.3, -0.25) is 0 Å². The monoisotopic (exact) mass is 211 g/mol. The van der Waals surface area contributed by atoms with Gasteiger partial charge in [0.1, 0.15) is 11.5 Å². The Labute approximate surface area is 90.1 Å². The molecule has 0 radical (unpaired) electrons. The number of hydrogen-bond donors (Lipinski definition) is 1. The van der Waals surface area contributed by atoms with Crippen LogP contribution in [-0.2, 0) is 4.74 Å². The third-order valence-electron chi connectivity index (χ3n) is 2.03. The summed E-state index contributed by atoms with van der Waals surface area (Å²) in [6.45, 7) is 1.41. The Morgan fingerprint density at radius 1 is 1.13 bits per heavy atom. The molecule has 4 heteroatoms. The van der Waals surface area contributed by atoms with Crippen molar-refractivity contribution in [3.8, 4) is 11.5 Å². The summed E-state index contributed by atoms with van der Waals surface area (Å²) in [5, 5.41) is 3.21. The van der Waals surface area contributed by atoms with Crippen LogP contribution in [0.2, 0.25) is 0 Å². The van der Waals surface area contributed by atoms with Crippen molar-refractivity contribution in [1.29, 1.82) is 0 Å². The van der Waals surface area contributed by atoms with E-state index < -0.39 is 0 Å². The van der Waals surface area contributed by atoms with E-state index in [4.69, 9.17) is 14.2 Å². The van der Waals surface area contributed by atoms with E-state index in [-0.39, 0.29) is 0 Å². The van der Waals surface area contributed by atoms with Crippen LogP contribution in [-0.4, -0.2) is 34.5 Å². The minimum Gasteiger partial charge on any atom is -0.497 e. The lowest BCUT2D eigenvalue weighted by Gasteiger charge is -2.11. The van der Waals surface area contributed by atoms with Crippen molar-refractivity contribution in [2.75, 3.05) is 39.8 Å². The standard InChI is InChI=1S/C11H17NO3/c1-13-7-6-12-10-5-4-9(14-2)8-11(10)15-3/h4-5,8,12H,6-7H2,1-3H3. The summed E-state index contributed by atoms with van der Waals surface area (Å²) in [7, 11) is 4.94. The molecule has 0 saturated heterocycles. The smallest absolute Gasteiger partial charge is 0.145 e. The van der Waals surface area contributed by atoms with E-state index in [0.29, 0.717) is 6.61 Å². The summed E-state index contributed by atoms with van der Waals surface area (Å²) >= 11 is 0. The third kappa shape index (κ3) is 3.32. The molecule has 15 heavy (non-hydrogen) atoms. The van der Waals surface area contributed by atoms with Crippen molar-refractivity contribution in [2.45, 2.75) is 0 Å². The molecule has 1 rings (SSSR count). The Balaban J connectivity index is 2.69. The van der Waals surface area contributed by atoms with Crippen LogP contribution in [0, 0.1) is 0 Å². The molecule has 0 bridgehead atoms. The second kappa shape index (κ2) is 6.14. The number of ether oxygens (including phenoxy) is 3. The Bertz CT molecular complexity index is 302. The first-order valence-corrected chi connectivity index (χ1v) is 4.76. The van der Waals surface area contributed by atoms with Crippen LogP contribution in [0.5, 0.6) is 11.5 Å². The summed E-state index contributed by atoms with van der Waals surface area (Å²) in [6.07, 6.45) is 0. The zero-order valence-electron chi connectivity index (χ0n) is 9.37. The number of rotatable bonds is 6. The lowest BCUT2D eigenvalue weighted by molar-refractivity contribution is 0.210. The second-order valence-corrected chi connectivity index (χ2v) is 2.99. The Morgan fingerprint density at radius 3 is 2.53 bits per heavy atom. The van der Waals surface area contributed by atoms with E-state index in [1.54, 1.807) is 21.3 Å². The van der Waals surface area contributed by atoms with Gasteiger partial charge in [0.15, 0.2) is 0 Å². The van der Waals surface area contributed by atoms with Gasteiger partial charge in [0.05, 0.1) is 26.5 Å². The van der Waals surface area contributed by atoms with Crippen molar-refractivity contribution >= 4 is 5.69 Å². The maximum atomic E-state index is 5.24. The van der Waals surface area contributed by atoms with Gasteiger partial charge in [-0.1, -0.05) is 0 Å². The van der Waals surface area contributed by atoms with Gasteiger partial charge in [-0.2, -0.15) is 0 Å². The number of methoxy groups -OCH3 is 3. The Morgan fingerprint density at radius 2 is 1.93 bits per heavy atom. The van der Waals surface area contributed by atoms with Gasteiger partial charge in [0.2, 0.25) is 0 Å². The predicted octanol–water partition coefficient (Wildman–Crippen LogP) is 1.76. The molecule has 0 aliphatic carbocycles. The van der Waals surface area contributed by atoms with Crippen molar-refractivity contribution in [2.24, 2.45) is 0 Å². The highest BCUT2D eigenvalue weighted by atomic mass is 16.5. The topological polar surface area (TPSA) is 39.7 Å². The first kappa shape index (κ1) is 11.7. The lowest BCUT2D eigenvalue weighted by atomic mass is 10.2. The minimum atomic E-state index is 0.662. The van der Waals surface area contributed by atoms with Crippen molar-refractivity contribution in [3.63, 3.8) is 0 Å². The molecule has 1 N–H and O–H groups in total. The third-order valence-corrected chi connectivity index (χ3v) is 2.03. The molecule has 0 spiro atoms. The summed E-state index contributed by atoms with van der Waals surface area (Å²) < 4.78 is 15.3. The van der Waals surface area contributed by atoms with E-state index in [1.165, 1.54) is 0 Å². The molecule has 0 heterocycles. The molecule has 0 fully saturated rings. The normalized spacial score (nSPS) is 9.80. The van der Waals surface area contributed by atoms with Gasteiger partial charge in [-0.15, -0.1) is 0 Å². The van der Waals surface area contributed by atoms with Gasteiger partial charge in [0.25, 0.3) is 0 Å². The van der Waals surface area contributed by atoms with Gasteiger partial charge < -0.3 is 19.5 Å². The van der Waals surface area contributed by atoms with Crippen LogP contribution >= 0.6 is 0 Å². The van der Waals surface area contributed by atoms with Gasteiger partial charge >= 0.3 is 0 Å². The molecule has 0 atom stereocenters. The molecule has 0 amide bonds. The average molecular weight is 211 g/mol. The number of anilines is 1. The highest BCUT2D eigenvalue weighted by Crippen LogP contribution is 2.28. The maximum absolute atomic E-state index is 5.24. The average Bonchev–Trinajstić information content (AvgIpc) is 2.29. The zero-order valence-corrected chi connectivity index (χ0v) is 9.37. The highest BCUT2D eigenvalue weighted by molar-refractivity contribution is 5.59. The molecule has 1 aromatic carbocycles. The van der Waals surface area contributed by atoms with Crippen LogP contribution in [0.25, 0.3) is 0 Å². The van der Waals surface area contributed by atoms with E-state index in [0.717, 1.165) is 23.7 Å². The van der Waals surface area contributed by atoms with Crippen LogP contribution < -0.4 is 14.8 Å². The summed E-state index contributed by atoms with van der Waals surface area (Å²) in [5.74, 6) is 1.55. The molecule has 0 aliphatic heterocycles. The maximum Gasteiger partial charge on any atom is 0.145 e. The SMILES string of the molecule is COCCNc1ccc(OC)cc1OC. The quantitative estimate of drug-likeness (QED) is 0.728. The molecule has 84 valence electrons. The first-order chi connectivity index (χ1) is 7.31. The number of benzene rings is 1. The minimum absolute atomic E-state index is 0.662. The van der Waals surface area contributed by atoms with Gasteiger partial charge in [-0.25, -0.2) is 0 Å². The lowest BCUT2D eigenvalue weighted by Crippen LogP contribution is -2.08. The number of hydrogen-bond acceptors (Lipinski definition) is 4. The summed E-state index contributed by atoms with van der Waals surface area (Å²) in [5.41, 5.74) is 0.940. The van der Waals surface area contributed by atoms with E-state index in [9.17, 15) is 0 Å². The summed E-state index contributed by atoms with van der Waals surface area (Å²) in [6, 6.07) is 5.65. The fourth-order valence-corrected chi connectivity index (χ4v) is 1.23. The molecule has 4 nitrogen and oxygen atoms in total. The Kier molecular flexibility index (Phi) is 4.77. The molecule has 1 aromatic rings. The van der Waals surface area contributed by atoms with Crippen LogP contribution in [0.15, 0.2) is 18.2 Å². The highest BCUT2D eigenvalue weighted by Gasteiger charge is 2.03. The van der Waals surface area contributed by atoms with Gasteiger partial charge in [-0.05, 0) is 12.1 Å². The zero-order chi connectivity index (χ0) is 11.1. The fraction of sp³-hybridized carbons (Fsp3) is 0.455. The number of nitrogens with one attached hydrogen (secondary N) is 1. The molecule has 0 aromatic heterocycles. The predicted molar refractivity (Wildman–Crippen MR) is 59.9 cm³/mol. The molecule has 0 aliphatic rings. The molecule has 0 saturated carbocycles.